The molecule has 0 spiro atoms. The first-order chi connectivity index (χ1) is 10.0. The van der Waals surface area contributed by atoms with Gasteiger partial charge in [-0.2, -0.15) is 0 Å². The van der Waals surface area contributed by atoms with E-state index in [1.165, 1.54) is 13.2 Å². The Morgan fingerprint density at radius 2 is 1.95 bits per heavy atom. The molecule has 0 saturated carbocycles. The summed E-state index contributed by atoms with van der Waals surface area (Å²) in [6.45, 7) is 2.31. The summed E-state index contributed by atoms with van der Waals surface area (Å²) in [4.78, 5) is 11.0. The predicted octanol–water partition coefficient (Wildman–Crippen LogP) is 4.04. The van der Waals surface area contributed by atoms with Crippen LogP contribution in [-0.2, 0) is 6.61 Å². The third-order valence-corrected chi connectivity index (χ3v) is 3.53. The largest absolute Gasteiger partial charge is 0.496 e. The highest BCUT2D eigenvalue weighted by Crippen LogP contribution is 2.25. The van der Waals surface area contributed by atoms with Crippen molar-refractivity contribution in [2.24, 2.45) is 0 Å². The molecule has 0 atom stereocenters. The van der Waals surface area contributed by atoms with Crippen LogP contribution in [-0.4, -0.2) is 18.2 Å². The van der Waals surface area contributed by atoms with Crippen molar-refractivity contribution in [2.75, 3.05) is 7.11 Å². The molecular weight excluding hydrogens is 336 g/mol. The van der Waals surface area contributed by atoms with E-state index in [4.69, 9.17) is 14.6 Å². The fraction of sp³-hybridized carbons (Fsp3) is 0.188. The summed E-state index contributed by atoms with van der Waals surface area (Å²) >= 11 is 3.41. The maximum atomic E-state index is 11.0. The standard InChI is InChI=1S/C16H15BrO4/c1-10-3-5-12(17)8-14(10)21-9-11-4-6-13(16(18)19)15(7-11)20-2/h3-8H,9H2,1-2H3,(H,18,19). The van der Waals surface area contributed by atoms with Crippen molar-refractivity contribution in [3.63, 3.8) is 0 Å². The van der Waals surface area contributed by atoms with Gasteiger partial charge in [0.25, 0.3) is 0 Å². The molecule has 2 aromatic carbocycles. The number of methoxy groups -OCH3 is 1. The monoisotopic (exact) mass is 350 g/mol. The van der Waals surface area contributed by atoms with Crippen LogP contribution >= 0.6 is 15.9 Å². The van der Waals surface area contributed by atoms with Crippen LogP contribution in [0.3, 0.4) is 0 Å². The molecule has 0 aliphatic carbocycles. The van der Waals surface area contributed by atoms with Crippen molar-refractivity contribution >= 4 is 21.9 Å². The Morgan fingerprint density at radius 3 is 2.62 bits per heavy atom. The molecule has 0 amide bonds. The number of carboxylic acids is 1. The van der Waals surface area contributed by atoms with E-state index in [0.717, 1.165) is 21.3 Å². The van der Waals surface area contributed by atoms with Crippen LogP contribution in [0.5, 0.6) is 11.5 Å². The van der Waals surface area contributed by atoms with Gasteiger partial charge in [-0.05, 0) is 42.3 Å². The van der Waals surface area contributed by atoms with Crippen LogP contribution in [0, 0.1) is 6.92 Å². The maximum absolute atomic E-state index is 11.0. The van der Waals surface area contributed by atoms with Gasteiger partial charge in [0, 0.05) is 4.47 Å². The molecule has 5 heteroatoms. The molecule has 0 unspecified atom stereocenters. The minimum atomic E-state index is -1.01. The van der Waals surface area contributed by atoms with Crippen molar-refractivity contribution in [1.29, 1.82) is 0 Å². The van der Waals surface area contributed by atoms with Gasteiger partial charge < -0.3 is 14.6 Å². The Kier molecular flexibility index (Phi) is 4.85. The van der Waals surface area contributed by atoms with Gasteiger partial charge in [-0.1, -0.05) is 28.1 Å². The van der Waals surface area contributed by atoms with E-state index >= 15 is 0 Å². The quantitative estimate of drug-likeness (QED) is 0.883. The molecule has 4 nitrogen and oxygen atoms in total. The number of hydrogen-bond donors (Lipinski definition) is 1. The van der Waals surface area contributed by atoms with Crippen molar-refractivity contribution in [3.8, 4) is 11.5 Å². The summed E-state index contributed by atoms with van der Waals surface area (Å²) in [5.41, 5.74) is 2.02. The summed E-state index contributed by atoms with van der Waals surface area (Å²) in [7, 11) is 1.45. The second-order valence-corrected chi connectivity index (χ2v) is 5.45. The average Bonchev–Trinajstić information content (AvgIpc) is 2.47. The Balaban J connectivity index is 2.17. The van der Waals surface area contributed by atoms with Crippen LogP contribution in [0.4, 0.5) is 0 Å². The molecule has 0 fully saturated rings. The molecule has 0 radical (unpaired) electrons. The third-order valence-electron chi connectivity index (χ3n) is 3.04. The average molecular weight is 351 g/mol. The summed E-state index contributed by atoms with van der Waals surface area (Å²) < 4.78 is 11.8. The molecule has 2 aromatic rings. The van der Waals surface area contributed by atoms with Gasteiger partial charge in [0.2, 0.25) is 0 Å². The smallest absolute Gasteiger partial charge is 0.339 e. The molecule has 0 bridgehead atoms. The highest BCUT2D eigenvalue weighted by Gasteiger charge is 2.11. The maximum Gasteiger partial charge on any atom is 0.339 e. The van der Waals surface area contributed by atoms with Crippen molar-refractivity contribution in [1.82, 2.24) is 0 Å². The minimum Gasteiger partial charge on any atom is -0.496 e. The summed E-state index contributed by atoms with van der Waals surface area (Å²) in [5, 5.41) is 9.05. The van der Waals surface area contributed by atoms with E-state index in [1.807, 2.05) is 25.1 Å². The lowest BCUT2D eigenvalue weighted by Crippen LogP contribution is -2.03. The molecule has 0 aromatic heterocycles. The summed E-state index contributed by atoms with van der Waals surface area (Å²) in [5.74, 6) is 0.0994. The second kappa shape index (κ2) is 6.63. The first-order valence-electron chi connectivity index (χ1n) is 6.30. The van der Waals surface area contributed by atoms with Crippen LogP contribution in [0.25, 0.3) is 0 Å². The van der Waals surface area contributed by atoms with Gasteiger partial charge in [0.05, 0.1) is 7.11 Å². The fourth-order valence-electron chi connectivity index (χ4n) is 1.89. The molecule has 2 rings (SSSR count). The number of aryl methyl sites for hydroxylation is 1. The van der Waals surface area contributed by atoms with Gasteiger partial charge in [-0.25, -0.2) is 4.79 Å². The number of aromatic carboxylic acids is 1. The Bertz CT molecular complexity index is 667. The van der Waals surface area contributed by atoms with Crippen molar-refractivity contribution in [3.05, 3.63) is 57.6 Å². The first-order valence-corrected chi connectivity index (χ1v) is 7.09. The zero-order chi connectivity index (χ0) is 15.4. The number of ether oxygens (including phenoxy) is 2. The van der Waals surface area contributed by atoms with E-state index < -0.39 is 5.97 Å². The van der Waals surface area contributed by atoms with Gasteiger partial charge in [-0.3, -0.25) is 0 Å². The van der Waals surface area contributed by atoms with E-state index in [0.29, 0.717) is 12.4 Å². The van der Waals surface area contributed by atoms with E-state index in [2.05, 4.69) is 15.9 Å². The van der Waals surface area contributed by atoms with Gasteiger partial charge >= 0.3 is 5.97 Å². The molecule has 0 saturated heterocycles. The minimum absolute atomic E-state index is 0.139. The Labute approximate surface area is 131 Å². The third kappa shape index (κ3) is 3.76. The van der Waals surface area contributed by atoms with Crippen LogP contribution in [0.15, 0.2) is 40.9 Å². The van der Waals surface area contributed by atoms with Crippen molar-refractivity contribution in [2.45, 2.75) is 13.5 Å². The Morgan fingerprint density at radius 1 is 1.19 bits per heavy atom. The zero-order valence-corrected chi connectivity index (χ0v) is 13.3. The molecule has 0 heterocycles. The first kappa shape index (κ1) is 15.4. The summed E-state index contributed by atoms with van der Waals surface area (Å²) in [6.07, 6.45) is 0. The van der Waals surface area contributed by atoms with E-state index in [9.17, 15) is 4.79 Å². The van der Waals surface area contributed by atoms with Crippen LogP contribution in [0.1, 0.15) is 21.5 Å². The SMILES string of the molecule is COc1cc(COc2cc(Br)ccc2C)ccc1C(=O)O. The molecule has 0 aliphatic heterocycles. The highest BCUT2D eigenvalue weighted by molar-refractivity contribution is 9.10. The van der Waals surface area contributed by atoms with E-state index in [-0.39, 0.29) is 5.56 Å². The number of carbonyl (C=O) groups is 1. The molecule has 1 N–H and O–H groups in total. The van der Waals surface area contributed by atoms with Gasteiger partial charge in [0.1, 0.15) is 23.7 Å². The van der Waals surface area contributed by atoms with Gasteiger partial charge in [0.15, 0.2) is 0 Å². The topological polar surface area (TPSA) is 55.8 Å². The lowest BCUT2D eigenvalue weighted by molar-refractivity contribution is 0.0693. The number of carboxylic acid groups (broad SMARTS) is 1. The Hall–Kier alpha value is -2.01. The number of halogens is 1. The zero-order valence-electron chi connectivity index (χ0n) is 11.7. The highest BCUT2D eigenvalue weighted by atomic mass is 79.9. The van der Waals surface area contributed by atoms with Crippen LogP contribution in [0.2, 0.25) is 0 Å². The molecule has 21 heavy (non-hydrogen) atoms. The van der Waals surface area contributed by atoms with Crippen molar-refractivity contribution < 1.29 is 19.4 Å². The second-order valence-electron chi connectivity index (χ2n) is 4.54. The molecule has 0 aliphatic rings. The summed E-state index contributed by atoms with van der Waals surface area (Å²) in [6, 6.07) is 10.7. The van der Waals surface area contributed by atoms with E-state index in [1.54, 1.807) is 12.1 Å². The normalized spacial score (nSPS) is 10.2. The number of hydrogen-bond acceptors (Lipinski definition) is 3. The molecule has 110 valence electrons. The lowest BCUT2D eigenvalue weighted by atomic mass is 10.1. The molecular formula is C16H15BrO4. The fourth-order valence-corrected chi connectivity index (χ4v) is 2.23. The van der Waals surface area contributed by atoms with Gasteiger partial charge in [-0.15, -0.1) is 0 Å². The number of benzene rings is 2. The lowest BCUT2D eigenvalue weighted by Gasteiger charge is -2.11. The van der Waals surface area contributed by atoms with Crippen LogP contribution < -0.4 is 9.47 Å². The predicted molar refractivity (Wildman–Crippen MR) is 83.2 cm³/mol. The number of rotatable bonds is 5.